The van der Waals surface area contributed by atoms with Crippen molar-refractivity contribution in [3.05, 3.63) is 16.1 Å². The zero-order chi connectivity index (χ0) is 8.55. The van der Waals surface area contributed by atoms with Crippen molar-refractivity contribution in [2.75, 3.05) is 13.2 Å². The van der Waals surface area contributed by atoms with E-state index in [2.05, 4.69) is 4.98 Å². The third kappa shape index (κ3) is 1.37. The fourth-order valence-electron chi connectivity index (χ4n) is 1.38. The van der Waals surface area contributed by atoms with Crippen LogP contribution in [0.2, 0.25) is 0 Å². The van der Waals surface area contributed by atoms with Gasteiger partial charge in [-0.2, -0.15) is 0 Å². The molecule has 0 spiro atoms. The van der Waals surface area contributed by atoms with E-state index in [1.165, 1.54) is 0 Å². The van der Waals surface area contributed by atoms with Crippen molar-refractivity contribution in [2.45, 2.75) is 18.9 Å². The van der Waals surface area contributed by atoms with Gasteiger partial charge in [0.15, 0.2) is 0 Å². The highest BCUT2D eigenvalue weighted by Gasteiger charge is 2.29. The number of aromatic nitrogens is 1. The minimum atomic E-state index is -0.369. The van der Waals surface area contributed by atoms with Gasteiger partial charge in [-0.3, -0.25) is 0 Å². The smallest absolute Gasteiger partial charge is 0.0897 e. The summed E-state index contributed by atoms with van der Waals surface area (Å²) in [5.41, 5.74) is 0.975. The Kier molecular flexibility index (Phi) is 2.12. The van der Waals surface area contributed by atoms with Crippen LogP contribution in [0.1, 0.15) is 16.6 Å². The quantitative estimate of drug-likeness (QED) is 0.707. The van der Waals surface area contributed by atoms with Gasteiger partial charge in [-0.05, 0) is 6.92 Å². The van der Waals surface area contributed by atoms with Crippen molar-refractivity contribution in [1.29, 1.82) is 0 Å². The Morgan fingerprint density at radius 2 is 2.50 bits per heavy atom. The number of aliphatic hydroxyl groups is 1. The maximum Gasteiger partial charge on any atom is 0.0897 e. The van der Waals surface area contributed by atoms with Crippen molar-refractivity contribution < 1.29 is 9.84 Å². The van der Waals surface area contributed by atoms with Crippen LogP contribution in [0.3, 0.4) is 0 Å². The number of hydrogen-bond donors (Lipinski definition) is 1. The first kappa shape index (κ1) is 8.16. The van der Waals surface area contributed by atoms with E-state index in [4.69, 9.17) is 4.74 Å². The van der Waals surface area contributed by atoms with Crippen LogP contribution in [0.15, 0.2) is 5.38 Å². The Balaban J connectivity index is 2.19. The van der Waals surface area contributed by atoms with Crippen LogP contribution in [0.5, 0.6) is 0 Å². The first-order chi connectivity index (χ1) is 5.77. The molecule has 1 saturated heterocycles. The van der Waals surface area contributed by atoms with Gasteiger partial charge >= 0.3 is 0 Å². The second kappa shape index (κ2) is 3.12. The van der Waals surface area contributed by atoms with Crippen LogP contribution in [0, 0.1) is 6.92 Å². The standard InChI is InChI=1S/C8H11NO2S/c1-5-9-7(4-12-5)6-2-11-3-8(6)10/h4,6,8,10H,2-3H2,1H3. The molecule has 4 heteroatoms. The fourth-order valence-corrected chi connectivity index (χ4v) is 2.05. The number of nitrogens with zero attached hydrogens (tertiary/aromatic N) is 1. The minimum absolute atomic E-state index is 0.0925. The molecule has 1 aliphatic rings. The SMILES string of the molecule is Cc1nc(C2COCC2O)cs1. The van der Waals surface area contributed by atoms with E-state index in [-0.39, 0.29) is 12.0 Å². The molecular weight excluding hydrogens is 174 g/mol. The Bertz CT molecular complexity index is 274. The highest BCUT2D eigenvalue weighted by Crippen LogP contribution is 2.26. The summed E-state index contributed by atoms with van der Waals surface area (Å²) < 4.78 is 5.15. The van der Waals surface area contributed by atoms with Crippen LogP contribution >= 0.6 is 11.3 Å². The summed E-state index contributed by atoms with van der Waals surface area (Å²) >= 11 is 1.62. The molecule has 66 valence electrons. The molecular formula is C8H11NO2S. The zero-order valence-corrected chi connectivity index (χ0v) is 7.67. The summed E-state index contributed by atoms with van der Waals surface area (Å²) in [5, 5.41) is 12.5. The van der Waals surface area contributed by atoms with Crippen molar-refractivity contribution in [3.63, 3.8) is 0 Å². The van der Waals surface area contributed by atoms with Gasteiger partial charge in [0.05, 0.1) is 35.9 Å². The van der Waals surface area contributed by atoms with Gasteiger partial charge in [0, 0.05) is 5.38 Å². The third-order valence-electron chi connectivity index (χ3n) is 2.07. The number of thiazole rings is 1. The molecule has 2 heterocycles. The van der Waals surface area contributed by atoms with Crippen LogP contribution in [0.4, 0.5) is 0 Å². The van der Waals surface area contributed by atoms with Gasteiger partial charge in [0.2, 0.25) is 0 Å². The Labute approximate surface area is 75.0 Å². The zero-order valence-electron chi connectivity index (χ0n) is 6.86. The number of ether oxygens (including phenoxy) is 1. The van der Waals surface area contributed by atoms with Gasteiger partial charge in [-0.15, -0.1) is 11.3 Å². The summed E-state index contributed by atoms with van der Waals surface area (Å²) in [6.07, 6.45) is -0.369. The van der Waals surface area contributed by atoms with E-state index in [0.717, 1.165) is 10.7 Å². The highest BCUT2D eigenvalue weighted by molar-refractivity contribution is 7.09. The summed E-state index contributed by atoms with van der Waals surface area (Å²) in [7, 11) is 0. The molecule has 1 aliphatic heterocycles. The summed E-state index contributed by atoms with van der Waals surface area (Å²) in [6.45, 7) is 3.02. The van der Waals surface area contributed by atoms with Crippen molar-refractivity contribution in [2.24, 2.45) is 0 Å². The lowest BCUT2D eigenvalue weighted by molar-refractivity contribution is 0.124. The van der Waals surface area contributed by atoms with E-state index in [1.54, 1.807) is 11.3 Å². The van der Waals surface area contributed by atoms with Gasteiger partial charge in [-0.25, -0.2) is 4.98 Å². The molecule has 1 fully saturated rings. The molecule has 0 amide bonds. The molecule has 12 heavy (non-hydrogen) atoms. The van der Waals surface area contributed by atoms with Crippen molar-refractivity contribution >= 4 is 11.3 Å². The molecule has 1 aromatic heterocycles. The van der Waals surface area contributed by atoms with Gasteiger partial charge in [0.1, 0.15) is 0 Å². The van der Waals surface area contributed by atoms with Gasteiger partial charge in [-0.1, -0.05) is 0 Å². The first-order valence-electron chi connectivity index (χ1n) is 3.95. The van der Waals surface area contributed by atoms with Crippen LogP contribution in [-0.4, -0.2) is 29.4 Å². The number of rotatable bonds is 1. The normalized spacial score (nSPS) is 29.5. The maximum absolute atomic E-state index is 9.49. The molecule has 1 N–H and O–H groups in total. The maximum atomic E-state index is 9.49. The average molecular weight is 185 g/mol. The Hall–Kier alpha value is -0.450. The molecule has 0 saturated carbocycles. The first-order valence-corrected chi connectivity index (χ1v) is 4.83. The lowest BCUT2D eigenvalue weighted by atomic mass is 10.0. The topological polar surface area (TPSA) is 42.4 Å². The number of aryl methyl sites for hydroxylation is 1. The molecule has 0 radical (unpaired) electrons. The van der Waals surface area contributed by atoms with E-state index < -0.39 is 0 Å². The molecule has 0 aromatic carbocycles. The van der Waals surface area contributed by atoms with Crippen LogP contribution in [0.25, 0.3) is 0 Å². The second-order valence-corrected chi connectivity index (χ2v) is 4.06. The largest absolute Gasteiger partial charge is 0.390 e. The lowest BCUT2D eigenvalue weighted by Crippen LogP contribution is -2.15. The van der Waals surface area contributed by atoms with Crippen LogP contribution in [-0.2, 0) is 4.74 Å². The van der Waals surface area contributed by atoms with Crippen molar-refractivity contribution in [3.8, 4) is 0 Å². The highest BCUT2D eigenvalue weighted by atomic mass is 32.1. The molecule has 2 unspecified atom stereocenters. The summed E-state index contributed by atoms with van der Waals surface area (Å²) in [4.78, 5) is 4.32. The molecule has 3 nitrogen and oxygen atoms in total. The van der Waals surface area contributed by atoms with Crippen LogP contribution < -0.4 is 0 Å². The third-order valence-corrected chi connectivity index (χ3v) is 2.86. The summed E-state index contributed by atoms with van der Waals surface area (Å²) in [5.74, 6) is 0.0925. The fraction of sp³-hybridized carbons (Fsp3) is 0.625. The van der Waals surface area contributed by atoms with E-state index in [0.29, 0.717) is 13.2 Å². The number of aliphatic hydroxyl groups excluding tert-OH is 1. The Morgan fingerprint density at radius 1 is 1.67 bits per heavy atom. The molecule has 2 atom stereocenters. The number of hydrogen-bond acceptors (Lipinski definition) is 4. The molecule has 0 bridgehead atoms. The lowest BCUT2D eigenvalue weighted by Gasteiger charge is -2.07. The van der Waals surface area contributed by atoms with Crippen molar-refractivity contribution in [1.82, 2.24) is 4.98 Å². The predicted octanol–water partition coefficient (Wildman–Crippen LogP) is 0.926. The molecule has 0 aliphatic carbocycles. The van der Waals surface area contributed by atoms with E-state index in [9.17, 15) is 5.11 Å². The van der Waals surface area contributed by atoms with Gasteiger partial charge < -0.3 is 9.84 Å². The predicted molar refractivity (Wildman–Crippen MR) is 46.4 cm³/mol. The second-order valence-electron chi connectivity index (χ2n) is 3.00. The van der Waals surface area contributed by atoms with E-state index >= 15 is 0 Å². The van der Waals surface area contributed by atoms with E-state index in [1.807, 2.05) is 12.3 Å². The Morgan fingerprint density at radius 3 is 3.00 bits per heavy atom. The van der Waals surface area contributed by atoms with Gasteiger partial charge in [0.25, 0.3) is 0 Å². The summed E-state index contributed by atoms with van der Waals surface area (Å²) in [6, 6.07) is 0. The molecule has 2 rings (SSSR count). The minimum Gasteiger partial charge on any atom is -0.390 e. The monoisotopic (exact) mass is 185 g/mol. The molecule has 1 aromatic rings. The average Bonchev–Trinajstić information content (AvgIpc) is 2.58.